The monoisotopic (exact) mass is 480 g/mol. The quantitative estimate of drug-likeness (QED) is 0.637. The van der Waals surface area contributed by atoms with Gasteiger partial charge < -0.3 is 14.5 Å². The number of nitrogens with zero attached hydrogens (tertiary/aromatic N) is 4. The zero-order valence-electron chi connectivity index (χ0n) is 21.7. The number of aryl methyl sites for hydroxylation is 1. The largest absolute Gasteiger partial charge is 0.491 e. The summed E-state index contributed by atoms with van der Waals surface area (Å²) >= 11 is 0. The molecule has 7 nitrogen and oxygen atoms in total. The Morgan fingerprint density at radius 3 is 2.43 bits per heavy atom. The molecule has 1 aromatic carbocycles. The zero-order chi connectivity index (χ0) is 25.0. The van der Waals surface area contributed by atoms with Gasteiger partial charge in [0.2, 0.25) is 5.91 Å². The van der Waals surface area contributed by atoms with Gasteiger partial charge in [0.05, 0.1) is 12.0 Å². The molecule has 2 aliphatic heterocycles. The van der Waals surface area contributed by atoms with Gasteiger partial charge in [-0.05, 0) is 77.5 Å². The lowest BCUT2D eigenvalue weighted by molar-refractivity contribution is -0.148. The second-order valence-electron chi connectivity index (χ2n) is 10.6. The molecule has 3 heterocycles. The predicted octanol–water partition coefficient (Wildman–Crippen LogP) is 4.73. The Labute approximate surface area is 209 Å². The van der Waals surface area contributed by atoms with E-state index in [1.807, 2.05) is 35.8 Å². The van der Waals surface area contributed by atoms with Crippen LogP contribution < -0.4 is 4.74 Å². The minimum absolute atomic E-state index is 0.0115. The molecule has 1 saturated heterocycles. The molecule has 1 spiro atoms. The summed E-state index contributed by atoms with van der Waals surface area (Å²) in [5.74, 6) is 1.17. The number of ether oxygens (including phenoxy) is 1. The summed E-state index contributed by atoms with van der Waals surface area (Å²) in [7, 11) is 0. The molecular weight excluding hydrogens is 440 g/mol. The van der Waals surface area contributed by atoms with Crippen LogP contribution in [0.1, 0.15) is 81.9 Å². The van der Waals surface area contributed by atoms with E-state index >= 15 is 0 Å². The number of fused-ring (bicyclic) bond motifs is 1. The van der Waals surface area contributed by atoms with E-state index in [9.17, 15) is 9.59 Å². The third-order valence-corrected chi connectivity index (χ3v) is 7.64. The molecule has 1 aromatic heterocycles. The lowest BCUT2D eigenvalue weighted by Crippen LogP contribution is -2.54. The second kappa shape index (κ2) is 10.8. The number of carbonyl (C=O) groups is 2. The first-order chi connectivity index (χ1) is 16.8. The van der Waals surface area contributed by atoms with Gasteiger partial charge in [-0.1, -0.05) is 24.6 Å². The summed E-state index contributed by atoms with van der Waals surface area (Å²) < 4.78 is 7.91. The highest BCUT2D eigenvalue weighted by Gasteiger charge is 2.44. The van der Waals surface area contributed by atoms with Gasteiger partial charge in [0, 0.05) is 31.4 Å². The van der Waals surface area contributed by atoms with Crippen LogP contribution >= 0.6 is 0 Å². The molecule has 35 heavy (non-hydrogen) atoms. The molecular formula is C28H40N4O3. The van der Waals surface area contributed by atoms with E-state index in [0.29, 0.717) is 44.8 Å². The molecule has 0 radical (unpaired) electrons. The molecule has 4 rings (SSSR count). The van der Waals surface area contributed by atoms with Crippen molar-refractivity contribution < 1.29 is 14.3 Å². The van der Waals surface area contributed by atoms with E-state index in [2.05, 4.69) is 31.1 Å². The van der Waals surface area contributed by atoms with Crippen LogP contribution in [-0.2, 0) is 11.2 Å². The van der Waals surface area contributed by atoms with E-state index in [-0.39, 0.29) is 23.9 Å². The van der Waals surface area contributed by atoms with Crippen molar-refractivity contribution in [1.29, 1.82) is 0 Å². The normalized spacial score (nSPS) is 19.3. The molecule has 1 fully saturated rings. The maximum atomic E-state index is 14.0. The van der Waals surface area contributed by atoms with Crippen LogP contribution in [0.15, 0.2) is 36.5 Å². The van der Waals surface area contributed by atoms with Gasteiger partial charge in [0.25, 0.3) is 5.91 Å². The fourth-order valence-corrected chi connectivity index (χ4v) is 5.55. The smallest absolute Gasteiger partial charge is 0.272 e. The van der Waals surface area contributed by atoms with Crippen molar-refractivity contribution in [3.05, 3.63) is 47.8 Å². The summed E-state index contributed by atoms with van der Waals surface area (Å²) in [5, 5.41) is 4.33. The summed E-state index contributed by atoms with van der Waals surface area (Å²) in [6.07, 6.45) is 6.92. The van der Waals surface area contributed by atoms with Crippen molar-refractivity contribution in [2.24, 2.45) is 5.41 Å². The maximum absolute atomic E-state index is 14.0. The number of hydrogen-bond donors (Lipinski definition) is 0. The van der Waals surface area contributed by atoms with E-state index in [0.717, 1.165) is 31.4 Å². The van der Waals surface area contributed by atoms with Crippen molar-refractivity contribution in [2.75, 3.05) is 26.2 Å². The van der Waals surface area contributed by atoms with Crippen LogP contribution in [-0.4, -0.2) is 63.7 Å². The summed E-state index contributed by atoms with van der Waals surface area (Å²) in [5.41, 5.74) is 1.45. The topological polar surface area (TPSA) is 67.7 Å². The third kappa shape index (κ3) is 5.39. The minimum Gasteiger partial charge on any atom is -0.491 e. The zero-order valence-corrected chi connectivity index (χ0v) is 21.7. The highest BCUT2D eigenvalue weighted by molar-refractivity contribution is 5.93. The summed E-state index contributed by atoms with van der Waals surface area (Å²) in [4.78, 5) is 31.2. The Morgan fingerprint density at radius 2 is 1.71 bits per heavy atom. The number of likely N-dealkylation sites (tertiary alicyclic amines) is 1. The first kappa shape index (κ1) is 25.3. The number of hydrogen-bond acceptors (Lipinski definition) is 4. The van der Waals surface area contributed by atoms with Gasteiger partial charge in [-0.2, -0.15) is 5.10 Å². The van der Waals surface area contributed by atoms with Crippen molar-refractivity contribution in [1.82, 2.24) is 19.6 Å². The summed E-state index contributed by atoms with van der Waals surface area (Å²) in [6.45, 7) is 10.5. The first-order valence-corrected chi connectivity index (χ1v) is 13.2. The van der Waals surface area contributed by atoms with Crippen LogP contribution in [0.3, 0.4) is 0 Å². The van der Waals surface area contributed by atoms with Gasteiger partial charge in [-0.25, -0.2) is 0 Å². The predicted molar refractivity (Wildman–Crippen MR) is 137 cm³/mol. The number of piperidine rings is 1. The van der Waals surface area contributed by atoms with E-state index in [1.54, 1.807) is 16.9 Å². The van der Waals surface area contributed by atoms with Gasteiger partial charge in [-0.15, -0.1) is 0 Å². The fourth-order valence-electron chi connectivity index (χ4n) is 5.55. The molecule has 2 amide bonds. The van der Waals surface area contributed by atoms with E-state index in [4.69, 9.17) is 4.74 Å². The van der Waals surface area contributed by atoms with E-state index < -0.39 is 5.41 Å². The lowest BCUT2D eigenvalue weighted by Gasteiger charge is -2.44. The minimum atomic E-state index is -0.419. The molecule has 0 aliphatic carbocycles. The van der Waals surface area contributed by atoms with Crippen LogP contribution in [0.4, 0.5) is 0 Å². The third-order valence-electron chi connectivity index (χ3n) is 7.64. The Balaban J connectivity index is 1.52. The molecule has 0 unspecified atom stereocenters. The molecule has 2 aromatic rings. The van der Waals surface area contributed by atoms with Gasteiger partial charge >= 0.3 is 0 Å². The van der Waals surface area contributed by atoms with Crippen LogP contribution in [0.2, 0.25) is 0 Å². The number of benzene rings is 1. The van der Waals surface area contributed by atoms with Gasteiger partial charge in [0.15, 0.2) is 0 Å². The standard InChI is InChI=1S/C28H40N4O3/c1-21(2)31-19-20-35-25-11-6-5-9-23(25)10-7-8-13-28(27(31)34)14-17-30(18-15-28)26(33)24-12-16-29-32(24)22(3)4/h5-6,9,11-12,16,21-22H,7-8,10,13-15,17-20H2,1-4H3. The van der Waals surface area contributed by atoms with Crippen molar-refractivity contribution >= 4 is 11.8 Å². The number of aromatic nitrogens is 2. The summed E-state index contributed by atoms with van der Waals surface area (Å²) in [6, 6.07) is 10.3. The van der Waals surface area contributed by atoms with Crippen LogP contribution in [0.5, 0.6) is 5.75 Å². The maximum Gasteiger partial charge on any atom is 0.272 e. The number of amides is 2. The highest BCUT2D eigenvalue weighted by Crippen LogP contribution is 2.40. The Bertz CT molecular complexity index is 1020. The molecule has 190 valence electrons. The SMILES string of the molecule is CC(C)N1CCOc2ccccc2CCCCC2(CCN(C(=O)c3ccnn3C(C)C)CC2)C1=O. The highest BCUT2D eigenvalue weighted by atomic mass is 16.5. The molecule has 7 heteroatoms. The van der Waals surface area contributed by atoms with Crippen molar-refractivity contribution in [3.63, 3.8) is 0 Å². The number of para-hydroxylation sites is 1. The molecule has 2 aliphatic rings. The van der Waals surface area contributed by atoms with Crippen LogP contribution in [0, 0.1) is 5.41 Å². The average molecular weight is 481 g/mol. The lowest BCUT2D eigenvalue weighted by atomic mass is 9.72. The molecule has 0 bridgehead atoms. The van der Waals surface area contributed by atoms with Crippen molar-refractivity contribution in [3.8, 4) is 5.75 Å². The van der Waals surface area contributed by atoms with Gasteiger partial charge in [0.1, 0.15) is 18.1 Å². The Hall–Kier alpha value is -2.83. The molecule has 0 atom stereocenters. The Kier molecular flexibility index (Phi) is 7.82. The molecule has 0 N–H and O–H groups in total. The second-order valence-corrected chi connectivity index (χ2v) is 10.6. The van der Waals surface area contributed by atoms with Crippen molar-refractivity contribution in [2.45, 2.75) is 78.3 Å². The number of rotatable bonds is 3. The first-order valence-electron chi connectivity index (χ1n) is 13.2. The fraction of sp³-hybridized carbons (Fsp3) is 0.607. The van der Waals surface area contributed by atoms with E-state index in [1.165, 1.54) is 5.56 Å². The Morgan fingerprint density at radius 1 is 0.971 bits per heavy atom. The number of carbonyl (C=O) groups excluding carboxylic acids is 2. The van der Waals surface area contributed by atoms with Crippen LogP contribution in [0.25, 0.3) is 0 Å². The van der Waals surface area contributed by atoms with Gasteiger partial charge in [-0.3, -0.25) is 14.3 Å². The average Bonchev–Trinajstić information content (AvgIpc) is 3.34. The molecule has 0 saturated carbocycles.